The van der Waals surface area contributed by atoms with Gasteiger partial charge in [0, 0.05) is 32.1 Å². The van der Waals surface area contributed by atoms with Gasteiger partial charge in [-0.05, 0) is 49.9 Å². The van der Waals surface area contributed by atoms with Gasteiger partial charge in [0.2, 0.25) is 5.91 Å². The summed E-state index contributed by atoms with van der Waals surface area (Å²) in [6, 6.07) is 4.20. The van der Waals surface area contributed by atoms with E-state index in [9.17, 15) is 14.0 Å². The van der Waals surface area contributed by atoms with Gasteiger partial charge in [-0.3, -0.25) is 4.79 Å². The highest BCUT2D eigenvalue weighted by Crippen LogP contribution is 2.24. The molecule has 0 radical (unpaired) electrons. The van der Waals surface area contributed by atoms with Crippen LogP contribution in [0.1, 0.15) is 24.8 Å². The summed E-state index contributed by atoms with van der Waals surface area (Å²) in [6.45, 7) is 2.49. The summed E-state index contributed by atoms with van der Waals surface area (Å²) in [5.74, 6) is 0.209. The van der Waals surface area contributed by atoms with Crippen LogP contribution in [0.3, 0.4) is 0 Å². The number of hydrogen-bond acceptors (Lipinski definition) is 4. The van der Waals surface area contributed by atoms with Gasteiger partial charge in [0.15, 0.2) is 0 Å². The van der Waals surface area contributed by atoms with Crippen molar-refractivity contribution in [2.75, 3.05) is 33.8 Å². The molecule has 0 saturated carbocycles. The largest absolute Gasteiger partial charge is 0.496 e. The molecule has 1 unspecified atom stereocenters. The molecule has 1 heterocycles. The fourth-order valence-corrected chi connectivity index (χ4v) is 3.58. The number of nitrogens with zero attached hydrogens (tertiary/aromatic N) is 1. The van der Waals surface area contributed by atoms with E-state index in [1.165, 1.54) is 19.2 Å². The topological polar surface area (TPSA) is 90.9 Å². The molecule has 0 bridgehead atoms. The van der Waals surface area contributed by atoms with E-state index in [2.05, 4.69) is 15.5 Å². The van der Waals surface area contributed by atoms with Gasteiger partial charge in [-0.1, -0.05) is 6.07 Å². The maximum absolute atomic E-state index is 13.3. The molecule has 1 aromatic rings. The molecule has 7 nitrogen and oxygen atoms in total. The summed E-state index contributed by atoms with van der Waals surface area (Å²) in [7, 11) is 3.08. The summed E-state index contributed by atoms with van der Waals surface area (Å²) in [5.41, 5.74) is 0.964. The number of likely N-dealkylation sites (tertiary alicyclic amines) is 1. The van der Waals surface area contributed by atoms with Gasteiger partial charge in [-0.2, -0.15) is 0 Å². The monoisotopic (exact) mass is 381 g/mol. The number of rotatable bonds is 8. The Balaban J connectivity index is 1.86. The van der Waals surface area contributed by atoms with E-state index < -0.39 is 6.09 Å². The lowest BCUT2D eigenvalue weighted by Crippen LogP contribution is -2.47. The average Bonchev–Trinajstić information content (AvgIpc) is 2.66. The van der Waals surface area contributed by atoms with E-state index in [-0.39, 0.29) is 30.1 Å². The predicted octanol–water partition coefficient (Wildman–Crippen LogP) is 1.86. The van der Waals surface area contributed by atoms with Gasteiger partial charge in [-0.15, -0.1) is 0 Å². The molecular formula is C19H28FN3O4. The van der Waals surface area contributed by atoms with Crippen molar-refractivity contribution in [3.63, 3.8) is 0 Å². The lowest BCUT2D eigenvalue weighted by molar-refractivity contribution is -0.121. The number of benzene rings is 1. The van der Waals surface area contributed by atoms with Crippen molar-refractivity contribution in [1.29, 1.82) is 0 Å². The van der Waals surface area contributed by atoms with Crippen molar-refractivity contribution < 1.29 is 23.8 Å². The summed E-state index contributed by atoms with van der Waals surface area (Å²) in [4.78, 5) is 25.0. The third-order valence-corrected chi connectivity index (χ3v) is 5.14. The third kappa shape index (κ3) is 6.39. The first-order valence-electron chi connectivity index (χ1n) is 9.17. The van der Waals surface area contributed by atoms with Crippen LogP contribution in [0.5, 0.6) is 5.75 Å². The molecule has 1 atom stereocenters. The van der Waals surface area contributed by atoms with Gasteiger partial charge >= 0.3 is 6.09 Å². The van der Waals surface area contributed by atoms with Gasteiger partial charge in [0.05, 0.1) is 7.11 Å². The summed E-state index contributed by atoms with van der Waals surface area (Å²) in [5, 5.41) is 14.1. The minimum Gasteiger partial charge on any atom is -0.496 e. The zero-order valence-electron chi connectivity index (χ0n) is 15.8. The highest BCUT2D eigenvalue weighted by Gasteiger charge is 2.29. The molecule has 1 aromatic carbocycles. The molecular weight excluding hydrogens is 353 g/mol. The normalized spacial score (nSPS) is 16.6. The molecule has 0 aliphatic carbocycles. The van der Waals surface area contributed by atoms with Crippen LogP contribution in [0.25, 0.3) is 0 Å². The lowest BCUT2D eigenvalue weighted by Gasteiger charge is -2.35. The van der Waals surface area contributed by atoms with Crippen molar-refractivity contribution in [2.24, 2.45) is 5.92 Å². The lowest BCUT2D eigenvalue weighted by atomic mass is 9.87. The Kier molecular flexibility index (Phi) is 7.84. The molecule has 2 rings (SSSR count). The highest BCUT2D eigenvalue weighted by molar-refractivity contribution is 5.77. The van der Waals surface area contributed by atoms with Gasteiger partial charge in [0.25, 0.3) is 0 Å². The quantitative estimate of drug-likeness (QED) is 0.639. The van der Waals surface area contributed by atoms with Crippen LogP contribution >= 0.6 is 0 Å². The second-order valence-corrected chi connectivity index (χ2v) is 6.82. The minimum atomic E-state index is -1.10. The van der Waals surface area contributed by atoms with Crippen LogP contribution in [0.2, 0.25) is 0 Å². The van der Waals surface area contributed by atoms with Gasteiger partial charge in [0.1, 0.15) is 11.6 Å². The molecule has 1 aliphatic heterocycles. The van der Waals surface area contributed by atoms with E-state index in [0.717, 1.165) is 44.5 Å². The molecule has 150 valence electrons. The second-order valence-electron chi connectivity index (χ2n) is 6.82. The number of amides is 2. The number of carboxylic acid groups (broad SMARTS) is 1. The van der Waals surface area contributed by atoms with Crippen LogP contribution in [-0.2, 0) is 11.2 Å². The molecule has 3 N–H and O–H groups in total. The van der Waals surface area contributed by atoms with E-state index in [1.54, 1.807) is 13.1 Å². The Morgan fingerprint density at radius 2 is 2.07 bits per heavy atom. The number of methoxy groups -OCH3 is 1. The second kappa shape index (κ2) is 10.1. The number of piperidine rings is 1. The van der Waals surface area contributed by atoms with E-state index in [4.69, 9.17) is 9.84 Å². The molecule has 1 saturated heterocycles. The molecule has 1 fully saturated rings. The first-order valence-corrected chi connectivity index (χ1v) is 9.17. The van der Waals surface area contributed by atoms with Crippen molar-refractivity contribution in [3.05, 3.63) is 29.6 Å². The van der Waals surface area contributed by atoms with Gasteiger partial charge in [-0.25, -0.2) is 9.18 Å². The zero-order valence-corrected chi connectivity index (χ0v) is 15.8. The van der Waals surface area contributed by atoms with E-state index >= 15 is 0 Å². The van der Waals surface area contributed by atoms with Crippen LogP contribution < -0.4 is 15.4 Å². The molecule has 1 aliphatic rings. The van der Waals surface area contributed by atoms with Crippen molar-refractivity contribution >= 4 is 12.0 Å². The molecule has 0 spiro atoms. The number of carbonyl (C=O) groups excluding carboxylic acids is 1. The summed E-state index contributed by atoms with van der Waals surface area (Å²) >= 11 is 0. The summed E-state index contributed by atoms with van der Waals surface area (Å²) in [6.07, 6.45) is 1.45. The zero-order chi connectivity index (χ0) is 19.8. The first kappa shape index (κ1) is 21.0. The van der Waals surface area contributed by atoms with Crippen LogP contribution in [0.15, 0.2) is 18.2 Å². The Hall–Kier alpha value is -2.35. The predicted molar refractivity (Wildman–Crippen MR) is 99.5 cm³/mol. The van der Waals surface area contributed by atoms with Crippen molar-refractivity contribution in [1.82, 2.24) is 15.5 Å². The number of halogens is 1. The fourth-order valence-electron chi connectivity index (χ4n) is 3.58. The number of hydrogen-bond donors (Lipinski definition) is 3. The number of ether oxygens (including phenoxy) is 1. The standard InChI is InChI=1S/C19H28FN3O4/c1-21-18(24)12-16(22-19(25)26)13-5-8-23(9-6-13)10-7-14-3-4-15(20)11-17(14)27-2/h3-4,11,13,16,22H,5-10,12H2,1-2H3,(H,21,24)(H,25,26). The van der Waals surface area contributed by atoms with Crippen molar-refractivity contribution in [2.45, 2.75) is 31.7 Å². The van der Waals surface area contributed by atoms with Crippen LogP contribution in [-0.4, -0.2) is 61.8 Å². The first-order chi connectivity index (χ1) is 12.9. The highest BCUT2D eigenvalue weighted by atomic mass is 19.1. The summed E-state index contributed by atoms with van der Waals surface area (Å²) < 4.78 is 18.5. The molecule has 2 amide bonds. The Morgan fingerprint density at radius 3 is 2.67 bits per heavy atom. The SMILES string of the molecule is CNC(=O)CC(NC(=O)O)C1CCN(CCc2ccc(F)cc2OC)CC1. The van der Waals surface area contributed by atoms with Crippen LogP contribution in [0, 0.1) is 11.7 Å². The average molecular weight is 381 g/mol. The number of nitrogens with one attached hydrogen (secondary N) is 2. The molecule has 8 heteroatoms. The van der Waals surface area contributed by atoms with Crippen molar-refractivity contribution in [3.8, 4) is 5.75 Å². The number of carbonyl (C=O) groups is 2. The van der Waals surface area contributed by atoms with E-state index in [0.29, 0.717) is 5.75 Å². The fraction of sp³-hybridized carbons (Fsp3) is 0.579. The Morgan fingerprint density at radius 1 is 1.37 bits per heavy atom. The smallest absolute Gasteiger partial charge is 0.404 e. The van der Waals surface area contributed by atoms with E-state index in [1.807, 2.05) is 0 Å². The molecule has 0 aromatic heterocycles. The Bertz CT molecular complexity index is 648. The maximum atomic E-state index is 13.3. The maximum Gasteiger partial charge on any atom is 0.404 e. The van der Waals surface area contributed by atoms with Crippen LogP contribution in [0.4, 0.5) is 9.18 Å². The van der Waals surface area contributed by atoms with Gasteiger partial charge < -0.3 is 25.4 Å². The Labute approximate surface area is 158 Å². The molecule has 27 heavy (non-hydrogen) atoms. The minimum absolute atomic E-state index is 0.134. The third-order valence-electron chi connectivity index (χ3n) is 5.14.